The Labute approximate surface area is 257 Å². The second kappa shape index (κ2) is 15.7. The quantitative estimate of drug-likeness (QED) is 0.230. The molecule has 1 heterocycles. The molecule has 6 nitrogen and oxygen atoms in total. The minimum atomic E-state index is -0.339. The molecule has 5 rings (SSSR count). The van der Waals surface area contributed by atoms with Crippen LogP contribution in [0.5, 0.6) is 5.75 Å². The monoisotopic (exact) mass is 581 g/mol. The summed E-state index contributed by atoms with van der Waals surface area (Å²) < 4.78 is 6.06. The van der Waals surface area contributed by atoms with Crippen LogP contribution in [0, 0.1) is 11.8 Å². The molecule has 2 atom stereocenters. The summed E-state index contributed by atoms with van der Waals surface area (Å²) in [6.07, 6.45) is 9.66. The van der Waals surface area contributed by atoms with Crippen molar-refractivity contribution in [3.63, 3.8) is 0 Å². The standard InChI is InChI=1S/C37H47N3O3/c38-34(41)27-28-12-10-19-33(26-28)43-25-11-22-39-36(35(29-13-4-1-5-14-29)30-15-6-2-7-16-30)31-20-23-40(24-21-31)37(42)32-17-8-3-9-18-32/h1,3-5,8-10,12-14,17-19,26,30-31,35-36,39H,2,6-7,11,15-16,20-25,27H2,(H2,38,41). The van der Waals surface area contributed by atoms with E-state index in [0.717, 1.165) is 55.8 Å². The van der Waals surface area contributed by atoms with E-state index in [9.17, 15) is 9.59 Å². The van der Waals surface area contributed by atoms with Gasteiger partial charge in [0.15, 0.2) is 0 Å². The van der Waals surface area contributed by atoms with Gasteiger partial charge >= 0.3 is 0 Å². The molecule has 0 bridgehead atoms. The highest BCUT2D eigenvalue weighted by atomic mass is 16.5. The predicted octanol–water partition coefficient (Wildman–Crippen LogP) is 6.36. The first-order valence-electron chi connectivity index (χ1n) is 16.2. The Morgan fingerprint density at radius 1 is 0.837 bits per heavy atom. The van der Waals surface area contributed by atoms with E-state index in [1.165, 1.54) is 37.7 Å². The third-order valence-electron chi connectivity index (χ3n) is 9.33. The molecule has 1 saturated carbocycles. The molecule has 2 fully saturated rings. The van der Waals surface area contributed by atoms with Gasteiger partial charge in [0.1, 0.15) is 5.75 Å². The van der Waals surface area contributed by atoms with Gasteiger partial charge in [0.05, 0.1) is 13.0 Å². The summed E-state index contributed by atoms with van der Waals surface area (Å²) in [4.78, 5) is 26.5. The van der Waals surface area contributed by atoms with E-state index in [1.54, 1.807) is 0 Å². The third-order valence-corrected chi connectivity index (χ3v) is 9.33. The van der Waals surface area contributed by atoms with Crippen LogP contribution in [-0.2, 0) is 11.2 Å². The van der Waals surface area contributed by atoms with Crippen LogP contribution in [0.4, 0.5) is 0 Å². The lowest BCUT2D eigenvalue weighted by molar-refractivity contribution is -0.117. The van der Waals surface area contributed by atoms with Gasteiger partial charge in [0.2, 0.25) is 5.91 Å². The predicted molar refractivity (Wildman–Crippen MR) is 172 cm³/mol. The van der Waals surface area contributed by atoms with E-state index in [-0.39, 0.29) is 18.2 Å². The summed E-state index contributed by atoms with van der Waals surface area (Å²) in [5.41, 5.74) is 8.46. The van der Waals surface area contributed by atoms with Gasteiger partial charge in [-0.2, -0.15) is 0 Å². The molecule has 2 unspecified atom stereocenters. The maximum Gasteiger partial charge on any atom is 0.253 e. The van der Waals surface area contributed by atoms with Crippen molar-refractivity contribution in [1.82, 2.24) is 10.2 Å². The highest BCUT2D eigenvalue weighted by Gasteiger charge is 2.38. The van der Waals surface area contributed by atoms with Crippen molar-refractivity contribution in [1.29, 1.82) is 0 Å². The van der Waals surface area contributed by atoms with Crippen LogP contribution < -0.4 is 15.8 Å². The Kier molecular flexibility index (Phi) is 11.3. The first kappa shape index (κ1) is 30.8. The Balaban J connectivity index is 1.26. The number of primary amides is 1. The highest BCUT2D eigenvalue weighted by molar-refractivity contribution is 5.94. The average molecular weight is 582 g/mol. The molecular weight excluding hydrogens is 534 g/mol. The summed E-state index contributed by atoms with van der Waals surface area (Å²) in [6, 6.07) is 28.8. The van der Waals surface area contributed by atoms with E-state index in [4.69, 9.17) is 10.5 Å². The van der Waals surface area contributed by atoms with Crippen LogP contribution >= 0.6 is 0 Å². The Morgan fingerprint density at radius 3 is 2.23 bits per heavy atom. The molecule has 3 aromatic carbocycles. The number of carbonyl (C=O) groups excluding carboxylic acids is 2. The molecule has 3 N–H and O–H groups in total. The maximum absolute atomic E-state index is 13.2. The molecule has 6 heteroatoms. The SMILES string of the molecule is NC(=O)Cc1cccc(OCCCNC(C2CCN(C(=O)c3ccccc3)CC2)C(c2ccccc2)C2CCCCC2)c1. The number of amides is 2. The van der Waals surface area contributed by atoms with Gasteiger partial charge in [-0.3, -0.25) is 9.59 Å². The fourth-order valence-electron chi connectivity index (χ4n) is 7.23. The van der Waals surface area contributed by atoms with Gasteiger partial charge in [-0.05, 0) is 85.9 Å². The van der Waals surface area contributed by atoms with Gasteiger partial charge in [-0.15, -0.1) is 0 Å². The summed E-state index contributed by atoms with van der Waals surface area (Å²) >= 11 is 0. The topological polar surface area (TPSA) is 84.7 Å². The zero-order chi connectivity index (χ0) is 29.9. The van der Waals surface area contributed by atoms with Crippen LogP contribution in [0.15, 0.2) is 84.9 Å². The number of likely N-dealkylation sites (tertiary alicyclic amines) is 1. The summed E-state index contributed by atoms with van der Waals surface area (Å²) in [6.45, 7) is 3.06. The van der Waals surface area contributed by atoms with E-state index in [2.05, 4.69) is 35.6 Å². The van der Waals surface area contributed by atoms with Crippen molar-refractivity contribution in [2.45, 2.75) is 69.7 Å². The number of carbonyl (C=O) groups is 2. The van der Waals surface area contributed by atoms with Crippen molar-refractivity contribution in [3.05, 3.63) is 102 Å². The molecule has 43 heavy (non-hydrogen) atoms. The smallest absolute Gasteiger partial charge is 0.253 e. The van der Waals surface area contributed by atoms with Crippen molar-refractivity contribution in [2.24, 2.45) is 17.6 Å². The molecule has 2 aliphatic rings. The molecule has 228 valence electrons. The van der Waals surface area contributed by atoms with Crippen molar-refractivity contribution < 1.29 is 14.3 Å². The normalized spacial score (nSPS) is 17.7. The van der Waals surface area contributed by atoms with Crippen LogP contribution in [0.25, 0.3) is 0 Å². The van der Waals surface area contributed by atoms with Crippen LogP contribution in [-0.4, -0.2) is 49.0 Å². The molecule has 0 aromatic heterocycles. The summed E-state index contributed by atoms with van der Waals surface area (Å²) in [5.74, 6) is 2.20. The van der Waals surface area contributed by atoms with E-state index in [1.807, 2.05) is 59.5 Å². The van der Waals surface area contributed by atoms with Crippen LogP contribution in [0.1, 0.15) is 78.8 Å². The Morgan fingerprint density at radius 2 is 1.53 bits per heavy atom. The zero-order valence-corrected chi connectivity index (χ0v) is 25.3. The number of nitrogens with one attached hydrogen (secondary N) is 1. The van der Waals surface area contributed by atoms with Gasteiger partial charge in [0.25, 0.3) is 5.91 Å². The number of nitrogens with two attached hydrogens (primary N) is 1. The molecule has 1 aliphatic heterocycles. The van der Waals surface area contributed by atoms with Crippen LogP contribution in [0.3, 0.4) is 0 Å². The van der Waals surface area contributed by atoms with Crippen LogP contribution in [0.2, 0.25) is 0 Å². The number of ether oxygens (including phenoxy) is 1. The van der Waals surface area contributed by atoms with E-state index >= 15 is 0 Å². The fraction of sp³-hybridized carbons (Fsp3) is 0.459. The number of hydrogen-bond acceptors (Lipinski definition) is 4. The number of rotatable bonds is 13. The summed E-state index contributed by atoms with van der Waals surface area (Å²) in [7, 11) is 0. The summed E-state index contributed by atoms with van der Waals surface area (Å²) in [5, 5.41) is 4.04. The van der Waals surface area contributed by atoms with E-state index in [0.29, 0.717) is 30.4 Å². The lowest BCUT2D eigenvalue weighted by Gasteiger charge is -2.43. The molecule has 0 radical (unpaired) electrons. The molecule has 1 aliphatic carbocycles. The minimum Gasteiger partial charge on any atom is -0.494 e. The Hall–Kier alpha value is -3.64. The molecule has 3 aromatic rings. The Bertz CT molecular complexity index is 1280. The van der Waals surface area contributed by atoms with Crippen molar-refractivity contribution >= 4 is 11.8 Å². The lowest BCUT2D eigenvalue weighted by Crippen LogP contribution is -2.49. The van der Waals surface area contributed by atoms with Gasteiger partial charge in [0, 0.05) is 30.6 Å². The molecule has 1 saturated heterocycles. The second-order valence-electron chi connectivity index (χ2n) is 12.3. The number of hydrogen-bond donors (Lipinski definition) is 2. The number of benzene rings is 3. The minimum absolute atomic E-state index is 0.146. The van der Waals surface area contributed by atoms with Gasteiger partial charge in [-0.1, -0.05) is 79.9 Å². The number of piperidine rings is 1. The molecule has 2 amide bonds. The van der Waals surface area contributed by atoms with Crippen molar-refractivity contribution in [3.8, 4) is 5.75 Å². The lowest BCUT2D eigenvalue weighted by atomic mass is 9.69. The third kappa shape index (κ3) is 8.70. The van der Waals surface area contributed by atoms with Gasteiger partial charge in [-0.25, -0.2) is 0 Å². The first-order valence-corrected chi connectivity index (χ1v) is 16.2. The maximum atomic E-state index is 13.2. The molecule has 0 spiro atoms. The second-order valence-corrected chi connectivity index (χ2v) is 12.3. The average Bonchev–Trinajstić information content (AvgIpc) is 3.05. The van der Waals surface area contributed by atoms with Gasteiger partial charge < -0.3 is 20.7 Å². The molecular formula is C37H47N3O3. The number of nitrogens with zero attached hydrogens (tertiary/aromatic N) is 1. The van der Waals surface area contributed by atoms with Crippen molar-refractivity contribution in [2.75, 3.05) is 26.2 Å². The first-order chi connectivity index (χ1) is 21.1. The fourth-order valence-corrected chi connectivity index (χ4v) is 7.23. The highest BCUT2D eigenvalue weighted by Crippen LogP contribution is 2.42. The largest absolute Gasteiger partial charge is 0.494 e. The van der Waals surface area contributed by atoms with E-state index < -0.39 is 0 Å². The zero-order valence-electron chi connectivity index (χ0n) is 25.3.